The Labute approximate surface area is 130 Å². The highest BCUT2D eigenvalue weighted by Crippen LogP contribution is 2.25. The van der Waals surface area contributed by atoms with Gasteiger partial charge in [-0.25, -0.2) is 4.98 Å². The molecule has 110 valence electrons. The van der Waals surface area contributed by atoms with E-state index in [-0.39, 0.29) is 0 Å². The van der Waals surface area contributed by atoms with Gasteiger partial charge < -0.3 is 10.0 Å². The molecule has 0 bridgehead atoms. The average Bonchev–Trinajstić information content (AvgIpc) is 2.62. The maximum Gasteiger partial charge on any atom is 0.132 e. The topological polar surface area (TPSA) is 36.4 Å². The van der Waals surface area contributed by atoms with Crippen molar-refractivity contribution in [1.82, 2.24) is 4.98 Å². The van der Waals surface area contributed by atoms with Crippen molar-refractivity contribution >= 4 is 11.5 Å². The summed E-state index contributed by atoms with van der Waals surface area (Å²) in [4.78, 5) is 6.48. The predicted octanol–water partition coefficient (Wildman–Crippen LogP) is 3.93. The molecule has 0 aliphatic carbocycles. The van der Waals surface area contributed by atoms with Crippen molar-refractivity contribution in [3.05, 3.63) is 90.1 Å². The molecule has 0 saturated carbocycles. The van der Waals surface area contributed by atoms with Crippen molar-refractivity contribution in [1.29, 1.82) is 0 Å². The second kappa shape index (κ2) is 6.41. The van der Waals surface area contributed by atoms with Crippen LogP contribution in [-0.2, 0) is 0 Å². The van der Waals surface area contributed by atoms with Crippen LogP contribution in [0.5, 0.6) is 0 Å². The molecule has 1 N–H and O–H groups in total. The Morgan fingerprint density at radius 2 is 1.45 bits per heavy atom. The zero-order valence-corrected chi connectivity index (χ0v) is 12.4. The number of hydrogen-bond donors (Lipinski definition) is 1. The molecule has 2 aromatic carbocycles. The minimum Gasteiger partial charge on any atom is -0.384 e. The van der Waals surface area contributed by atoms with Crippen LogP contribution < -0.4 is 4.90 Å². The van der Waals surface area contributed by atoms with Gasteiger partial charge in [0.1, 0.15) is 11.9 Å². The summed E-state index contributed by atoms with van der Waals surface area (Å²) in [5, 5.41) is 10.4. The lowest BCUT2D eigenvalue weighted by Crippen LogP contribution is -2.11. The largest absolute Gasteiger partial charge is 0.384 e. The van der Waals surface area contributed by atoms with Gasteiger partial charge in [-0.3, -0.25) is 0 Å². The molecule has 1 atom stereocenters. The Morgan fingerprint density at radius 3 is 2.05 bits per heavy atom. The summed E-state index contributed by atoms with van der Waals surface area (Å²) in [6.07, 6.45) is 1.08. The van der Waals surface area contributed by atoms with E-state index in [1.54, 1.807) is 6.20 Å². The number of pyridine rings is 1. The van der Waals surface area contributed by atoms with Crippen LogP contribution in [0.1, 0.15) is 17.2 Å². The minimum absolute atomic E-state index is 0.648. The van der Waals surface area contributed by atoms with E-state index in [1.807, 2.05) is 84.7 Å². The molecular weight excluding hydrogens is 272 g/mol. The molecule has 0 spiro atoms. The SMILES string of the molecule is CN(c1ccccc1)c1ccc(C(O)c2ccccc2)cn1. The Bertz CT molecular complexity index is 647. The summed E-state index contributed by atoms with van der Waals surface area (Å²) in [5.74, 6) is 0.843. The van der Waals surface area contributed by atoms with Crippen LogP contribution >= 0.6 is 0 Å². The molecule has 0 amide bonds. The number of aliphatic hydroxyl groups excluding tert-OH is 1. The van der Waals surface area contributed by atoms with Gasteiger partial charge in [-0.2, -0.15) is 0 Å². The van der Waals surface area contributed by atoms with Gasteiger partial charge in [0, 0.05) is 24.5 Å². The van der Waals surface area contributed by atoms with Crippen LogP contribution in [0, 0.1) is 0 Å². The lowest BCUT2D eigenvalue weighted by molar-refractivity contribution is 0.220. The van der Waals surface area contributed by atoms with Gasteiger partial charge in [-0.1, -0.05) is 54.6 Å². The van der Waals surface area contributed by atoms with E-state index in [1.165, 1.54) is 0 Å². The fraction of sp³-hybridized carbons (Fsp3) is 0.105. The third-order valence-corrected chi connectivity index (χ3v) is 3.69. The first-order valence-electron chi connectivity index (χ1n) is 7.23. The lowest BCUT2D eigenvalue weighted by atomic mass is 10.0. The van der Waals surface area contributed by atoms with Crippen molar-refractivity contribution in [2.45, 2.75) is 6.10 Å². The molecule has 0 fully saturated rings. The van der Waals surface area contributed by atoms with Crippen LogP contribution in [0.3, 0.4) is 0 Å². The first-order chi connectivity index (χ1) is 10.8. The number of benzene rings is 2. The summed E-state index contributed by atoms with van der Waals surface area (Å²) in [6, 6.07) is 23.5. The van der Waals surface area contributed by atoms with E-state index < -0.39 is 6.10 Å². The van der Waals surface area contributed by atoms with Gasteiger partial charge in [0.2, 0.25) is 0 Å². The van der Waals surface area contributed by atoms with Gasteiger partial charge in [0.15, 0.2) is 0 Å². The third-order valence-electron chi connectivity index (χ3n) is 3.69. The van der Waals surface area contributed by atoms with Gasteiger partial charge in [-0.05, 0) is 23.8 Å². The van der Waals surface area contributed by atoms with Gasteiger partial charge in [0.05, 0.1) is 0 Å². The first-order valence-corrected chi connectivity index (χ1v) is 7.23. The van der Waals surface area contributed by atoms with Crippen LogP contribution in [0.2, 0.25) is 0 Å². The van der Waals surface area contributed by atoms with Crippen molar-refractivity contribution in [2.24, 2.45) is 0 Å². The number of anilines is 2. The summed E-state index contributed by atoms with van der Waals surface area (Å²) < 4.78 is 0. The summed E-state index contributed by atoms with van der Waals surface area (Å²) in [7, 11) is 1.98. The zero-order valence-electron chi connectivity index (χ0n) is 12.4. The van der Waals surface area contributed by atoms with Crippen molar-refractivity contribution in [2.75, 3.05) is 11.9 Å². The molecular formula is C19H18N2O. The van der Waals surface area contributed by atoms with E-state index in [9.17, 15) is 5.11 Å². The maximum atomic E-state index is 10.4. The van der Waals surface area contributed by atoms with Gasteiger partial charge >= 0.3 is 0 Å². The Balaban J connectivity index is 1.81. The maximum absolute atomic E-state index is 10.4. The molecule has 3 heteroatoms. The van der Waals surface area contributed by atoms with Crippen LogP contribution in [0.25, 0.3) is 0 Å². The standard InChI is InChI=1S/C19H18N2O/c1-21(17-10-6-3-7-11-17)18-13-12-16(14-20-18)19(22)15-8-4-2-5-9-15/h2-14,19,22H,1H3. The first kappa shape index (κ1) is 14.3. The average molecular weight is 290 g/mol. The molecule has 0 aliphatic rings. The second-order valence-corrected chi connectivity index (χ2v) is 5.16. The van der Waals surface area contributed by atoms with E-state index in [2.05, 4.69) is 4.98 Å². The number of aliphatic hydroxyl groups is 1. The van der Waals surface area contributed by atoms with Crippen molar-refractivity contribution in [3.8, 4) is 0 Å². The molecule has 1 aromatic heterocycles. The second-order valence-electron chi connectivity index (χ2n) is 5.16. The highest BCUT2D eigenvalue weighted by molar-refractivity contribution is 5.58. The van der Waals surface area contributed by atoms with Crippen molar-refractivity contribution < 1.29 is 5.11 Å². The fourth-order valence-electron chi connectivity index (χ4n) is 2.37. The number of aromatic nitrogens is 1. The molecule has 3 nitrogen and oxygen atoms in total. The summed E-state index contributed by atoms with van der Waals surface area (Å²) in [6.45, 7) is 0. The zero-order chi connectivity index (χ0) is 15.4. The summed E-state index contributed by atoms with van der Waals surface area (Å²) in [5.41, 5.74) is 2.73. The van der Waals surface area contributed by atoms with E-state index in [0.717, 1.165) is 22.6 Å². The molecule has 0 aliphatic heterocycles. The number of rotatable bonds is 4. The number of para-hydroxylation sites is 1. The molecule has 1 heterocycles. The lowest BCUT2D eigenvalue weighted by Gasteiger charge is -2.19. The van der Waals surface area contributed by atoms with Gasteiger partial charge in [0.25, 0.3) is 0 Å². The molecule has 1 unspecified atom stereocenters. The molecule has 22 heavy (non-hydrogen) atoms. The van der Waals surface area contributed by atoms with E-state index >= 15 is 0 Å². The Morgan fingerprint density at radius 1 is 0.818 bits per heavy atom. The summed E-state index contributed by atoms with van der Waals surface area (Å²) >= 11 is 0. The van der Waals surface area contributed by atoms with Crippen LogP contribution in [0.4, 0.5) is 11.5 Å². The van der Waals surface area contributed by atoms with Crippen molar-refractivity contribution in [3.63, 3.8) is 0 Å². The normalized spacial score (nSPS) is 11.9. The Kier molecular flexibility index (Phi) is 4.17. The van der Waals surface area contributed by atoms with Crippen LogP contribution in [0.15, 0.2) is 79.0 Å². The van der Waals surface area contributed by atoms with Gasteiger partial charge in [-0.15, -0.1) is 0 Å². The predicted molar refractivity (Wildman–Crippen MR) is 89.2 cm³/mol. The number of hydrogen-bond acceptors (Lipinski definition) is 3. The minimum atomic E-state index is -0.648. The fourth-order valence-corrected chi connectivity index (χ4v) is 2.37. The smallest absolute Gasteiger partial charge is 0.132 e. The monoisotopic (exact) mass is 290 g/mol. The number of nitrogens with zero attached hydrogens (tertiary/aromatic N) is 2. The van der Waals surface area contributed by atoms with E-state index in [0.29, 0.717) is 0 Å². The quantitative estimate of drug-likeness (QED) is 0.791. The molecule has 0 saturated heterocycles. The highest BCUT2D eigenvalue weighted by Gasteiger charge is 2.11. The Hall–Kier alpha value is -2.65. The molecule has 0 radical (unpaired) electrons. The molecule has 3 aromatic rings. The highest BCUT2D eigenvalue weighted by atomic mass is 16.3. The molecule has 3 rings (SSSR count). The van der Waals surface area contributed by atoms with E-state index in [4.69, 9.17) is 0 Å². The van der Waals surface area contributed by atoms with Crippen LogP contribution in [-0.4, -0.2) is 17.1 Å². The third kappa shape index (κ3) is 3.00.